The molecule has 2 saturated heterocycles. The average molecular weight is 517 g/mol. The van der Waals surface area contributed by atoms with Crippen LogP contribution < -0.4 is 14.8 Å². The van der Waals surface area contributed by atoms with E-state index in [-0.39, 0.29) is 17.4 Å². The summed E-state index contributed by atoms with van der Waals surface area (Å²) < 4.78 is 37.7. The van der Waals surface area contributed by atoms with Crippen LogP contribution in [0.25, 0.3) is 10.9 Å². The fourth-order valence-corrected chi connectivity index (χ4v) is 4.64. The Bertz CT molecular complexity index is 1190. The number of anilines is 2. The molecule has 1 aromatic heterocycles. The molecule has 0 bridgehead atoms. The van der Waals surface area contributed by atoms with Crippen LogP contribution in [0.5, 0.6) is 11.5 Å². The van der Waals surface area contributed by atoms with E-state index >= 15 is 0 Å². The largest absolute Gasteiger partial charge is 0.486 e. The highest BCUT2D eigenvalue weighted by atomic mass is 35.5. The Morgan fingerprint density at radius 3 is 2.61 bits per heavy atom. The van der Waals surface area contributed by atoms with Gasteiger partial charge in [-0.05, 0) is 30.7 Å². The first-order valence-corrected chi connectivity index (χ1v) is 12.7. The van der Waals surface area contributed by atoms with Crippen LogP contribution in [-0.4, -0.2) is 66.7 Å². The quantitative estimate of drug-likeness (QED) is 0.439. The Balaban J connectivity index is 1.49. The predicted octanol–water partition coefficient (Wildman–Crippen LogP) is 5.17. The molecular formula is C26H30ClFN4O4. The molecule has 0 spiro atoms. The molecule has 36 heavy (non-hydrogen) atoms. The molecule has 192 valence electrons. The van der Waals surface area contributed by atoms with Gasteiger partial charge in [0, 0.05) is 43.1 Å². The minimum Gasteiger partial charge on any atom is -0.486 e. The molecule has 1 unspecified atom stereocenters. The number of halogens is 2. The molecule has 5 rings (SSSR count). The van der Waals surface area contributed by atoms with Crippen LogP contribution in [-0.2, 0) is 9.47 Å². The third-order valence-electron chi connectivity index (χ3n) is 6.41. The molecule has 1 atom stereocenters. The highest BCUT2D eigenvalue weighted by Crippen LogP contribution is 2.37. The van der Waals surface area contributed by atoms with Gasteiger partial charge < -0.3 is 24.3 Å². The van der Waals surface area contributed by atoms with Crippen LogP contribution in [0.2, 0.25) is 5.02 Å². The van der Waals surface area contributed by atoms with Gasteiger partial charge in [0.1, 0.15) is 24.1 Å². The number of ether oxygens (including phenoxy) is 4. The maximum absolute atomic E-state index is 13.6. The standard InChI is InChI=1S/C26H30ClFN4O4/c1-2-25(32-7-11-34-12-8-32)36-24-15-22-19(14-23(24)35-18-5-9-33-10-6-18)26(30-16-29-22)31-17-3-4-21(28)20(27)13-17/h3-4,13-16,18,25H,2,5-12H2,1H3,(H,29,30,31). The van der Waals surface area contributed by atoms with Crippen molar-refractivity contribution >= 4 is 34.0 Å². The molecule has 0 amide bonds. The summed E-state index contributed by atoms with van der Waals surface area (Å²) in [6.07, 6.45) is 3.84. The summed E-state index contributed by atoms with van der Waals surface area (Å²) in [6, 6.07) is 8.27. The maximum atomic E-state index is 13.6. The zero-order valence-electron chi connectivity index (χ0n) is 20.2. The zero-order chi connectivity index (χ0) is 24.9. The number of nitrogens with one attached hydrogen (secondary N) is 1. The molecule has 0 saturated carbocycles. The van der Waals surface area contributed by atoms with Crippen molar-refractivity contribution in [2.45, 2.75) is 38.5 Å². The smallest absolute Gasteiger partial charge is 0.165 e. The summed E-state index contributed by atoms with van der Waals surface area (Å²) in [6.45, 7) is 6.47. The number of rotatable bonds is 8. The first-order valence-electron chi connectivity index (χ1n) is 12.3. The van der Waals surface area contributed by atoms with Crippen LogP contribution in [0.3, 0.4) is 0 Å². The molecule has 8 nitrogen and oxygen atoms in total. The molecule has 2 aliphatic heterocycles. The van der Waals surface area contributed by atoms with Gasteiger partial charge in [0.15, 0.2) is 17.7 Å². The molecular weight excluding hydrogens is 487 g/mol. The van der Waals surface area contributed by atoms with Gasteiger partial charge in [-0.1, -0.05) is 18.5 Å². The predicted molar refractivity (Wildman–Crippen MR) is 136 cm³/mol. The van der Waals surface area contributed by atoms with Crippen LogP contribution in [0.4, 0.5) is 15.9 Å². The highest BCUT2D eigenvalue weighted by Gasteiger charge is 2.25. The number of fused-ring (bicyclic) bond motifs is 1. The normalized spacial score (nSPS) is 18.2. The lowest BCUT2D eigenvalue weighted by Gasteiger charge is -2.34. The lowest BCUT2D eigenvalue weighted by atomic mass is 10.1. The molecule has 2 fully saturated rings. The first-order chi connectivity index (χ1) is 17.6. The van der Waals surface area contributed by atoms with E-state index in [0.29, 0.717) is 54.9 Å². The van der Waals surface area contributed by atoms with E-state index < -0.39 is 5.82 Å². The Hall–Kier alpha value is -2.72. The van der Waals surface area contributed by atoms with Crippen molar-refractivity contribution in [1.29, 1.82) is 0 Å². The molecule has 0 radical (unpaired) electrons. The summed E-state index contributed by atoms with van der Waals surface area (Å²) >= 11 is 5.97. The van der Waals surface area contributed by atoms with Crippen LogP contribution in [0.15, 0.2) is 36.7 Å². The van der Waals surface area contributed by atoms with Gasteiger partial charge in [0.05, 0.1) is 37.0 Å². The van der Waals surface area contributed by atoms with Gasteiger partial charge in [-0.2, -0.15) is 0 Å². The maximum Gasteiger partial charge on any atom is 0.165 e. The number of morpholine rings is 1. The van der Waals surface area contributed by atoms with Crippen molar-refractivity contribution in [3.63, 3.8) is 0 Å². The molecule has 2 aromatic carbocycles. The summed E-state index contributed by atoms with van der Waals surface area (Å²) in [5.41, 5.74) is 1.32. The van der Waals surface area contributed by atoms with E-state index in [1.54, 1.807) is 6.07 Å². The molecule has 1 N–H and O–H groups in total. The topological polar surface area (TPSA) is 78.0 Å². The lowest BCUT2D eigenvalue weighted by molar-refractivity contribution is -0.0486. The van der Waals surface area contributed by atoms with Crippen molar-refractivity contribution in [3.8, 4) is 11.5 Å². The summed E-state index contributed by atoms with van der Waals surface area (Å²) in [4.78, 5) is 11.2. The van der Waals surface area contributed by atoms with Crippen LogP contribution in [0.1, 0.15) is 26.2 Å². The Kier molecular flexibility index (Phi) is 8.01. The van der Waals surface area contributed by atoms with E-state index in [4.69, 9.17) is 30.5 Å². The molecule has 3 aromatic rings. The van der Waals surface area contributed by atoms with Gasteiger partial charge in [0.25, 0.3) is 0 Å². The zero-order valence-corrected chi connectivity index (χ0v) is 21.0. The van der Waals surface area contributed by atoms with Gasteiger partial charge in [0.2, 0.25) is 0 Å². The van der Waals surface area contributed by atoms with Gasteiger partial charge >= 0.3 is 0 Å². The fourth-order valence-electron chi connectivity index (χ4n) is 4.46. The Morgan fingerprint density at radius 2 is 1.86 bits per heavy atom. The average Bonchev–Trinajstić information content (AvgIpc) is 2.91. The Labute approximate surface area is 214 Å². The van der Waals surface area contributed by atoms with Gasteiger partial charge in [-0.3, -0.25) is 4.90 Å². The molecule has 10 heteroatoms. The number of benzene rings is 2. The second-order valence-corrected chi connectivity index (χ2v) is 9.26. The minimum absolute atomic E-state index is 0.0268. The third-order valence-corrected chi connectivity index (χ3v) is 6.70. The van der Waals surface area contributed by atoms with E-state index in [0.717, 1.165) is 37.7 Å². The SMILES string of the molecule is CCC(Oc1cc2ncnc(Nc3ccc(F)c(Cl)c3)c2cc1OC1CCOCC1)N1CCOCC1. The second kappa shape index (κ2) is 11.6. The van der Waals surface area contributed by atoms with Crippen molar-refractivity contribution < 1.29 is 23.3 Å². The van der Waals surface area contributed by atoms with Crippen molar-refractivity contribution in [2.24, 2.45) is 0 Å². The van der Waals surface area contributed by atoms with Crippen LogP contribution >= 0.6 is 11.6 Å². The van der Waals surface area contributed by atoms with Crippen LogP contribution in [0, 0.1) is 5.82 Å². The lowest BCUT2D eigenvalue weighted by Crippen LogP contribution is -2.46. The monoisotopic (exact) mass is 516 g/mol. The van der Waals surface area contributed by atoms with E-state index in [9.17, 15) is 4.39 Å². The minimum atomic E-state index is -0.477. The molecule has 2 aliphatic rings. The number of hydrogen-bond acceptors (Lipinski definition) is 8. The van der Waals surface area contributed by atoms with Crippen molar-refractivity contribution in [3.05, 3.63) is 47.5 Å². The Morgan fingerprint density at radius 1 is 1.08 bits per heavy atom. The van der Waals surface area contributed by atoms with E-state index in [1.807, 2.05) is 12.1 Å². The number of hydrogen-bond donors (Lipinski definition) is 1. The molecule has 0 aliphatic carbocycles. The summed E-state index contributed by atoms with van der Waals surface area (Å²) in [7, 11) is 0. The summed E-state index contributed by atoms with van der Waals surface area (Å²) in [5.74, 6) is 1.36. The fraction of sp³-hybridized carbons (Fsp3) is 0.462. The number of nitrogens with zero attached hydrogens (tertiary/aromatic N) is 3. The first kappa shape index (κ1) is 25.0. The van der Waals surface area contributed by atoms with E-state index in [1.165, 1.54) is 18.5 Å². The van der Waals surface area contributed by atoms with Crippen molar-refractivity contribution in [1.82, 2.24) is 14.9 Å². The molecule has 3 heterocycles. The van der Waals surface area contributed by atoms with E-state index in [2.05, 4.69) is 27.1 Å². The number of aromatic nitrogens is 2. The highest BCUT2D eigenvalue weighted by molar-refractivity contribution is 6.31. The third kappa shape index (κ3) is 5.81. The second-order valence-electron chi connectivity index (χ2n) is 8.85. The van der Waals surface area contributed by atoms with Gasteiger partial charge in [-0.25, -0.2) is 14.4 Å². The van der Waals surface area contributed by atoms with Crippen molar-refractivity contribution in [2.75, 3.05) is 44.8 Å². The summed E-state index contributed by atoms with van der Waals surface area (Å²) in [5, 5.41) is 4.02. The van der Waals surface area contributed by atoms with Gasteiger partial charge in [-0.15, -0.1) is 0 Å².